The van der Waals surface area contributed by atoms with Crippen molar-refractivity contribution in [2.45, 2.75) is 25.5 Å². The molecule has 2 aromatic rings. The maximum absolute atomic E-state index is 10.6. The van der Waals surface area contributed by atoms with Gasteiger partial charge in [0.15, 0.2) is 0 Å². The summed E-state index contributed by atoms with van der Waals surface area (Å²) in [6.07, 6.45) is 1.57. The van der Waals surface area contributed by atoms with E-state index in [9.17, 15) is 10.2 Å². The van der Waals surface area contributed by atoms with Gasteiger partial charge in [-0.15, -0.1) is 0 Å². The minimum Gasteiger partial charge on any atom is -0.506 e. The van der Waals surface area contributed by atoms with Crippen molar-refractivity contribution in [2.24, 2.45) is 5.41 Å². The predicted octanol–water partition coefficient (Wildman–Crippen LogP) is 3.65. The van der Waals surface area contributed by atoms with E-state index in [1.807, 2.05) is 42.5 Å². The van der Waals surface area contributed by atoms with Crippen LogP contribution < -0.4 is 5.32 Å². The largest absolute Gasteiger partial charge is 0.506 e. The first-order valence-electron chi connectivity index (χ1n) is 7.52. The molecule has 1 aliphatic carbocycles. The summed E-state index contributed by atoms with van der Waals surface area (Å²) < 4.78 is 0. The standard InChI is InChI=1S/C18H20ClNO2/c19-15-8-4-7-14(16(15)21)11-20-12-18(9-10-18)17(22)13-5-2-1-3-6-13/h1-8,17,20-22H,9-12H2. The number of hydrogen-bond donors (Lipinski definition) is 3. The molecule has 0 amide bonds. The van der Waals surface area contributed by atoms with Crippen LogP contribution in [0.2, 0.25) is 5.02 Å². The van der Waals surface area contributed by atoms with Gasteiger partial charge in [-0.1, -0.05) is 54.1 Å². The van der Waals surface area contributed by atoms with Gasteiger partial charge in [-0.25, -0.2) is 0 Å². The molecule has 3 rings (SSSR count). The Morgan fingerprint density at radius 2 is 1.82 bits per heavy atom. The molecule has 0 spiro atoms. The highest BCUT2D eigenvalue weighted by atomic mass is 35.5. The number of hydrogen-bond acceptors (Lipinski definition) is 3. The fraction of sp³-hybridized carbons (Fsp3) is 0.333. The number of aliphatic hydroxyl groups excluding tert-OH is 1. The highest BCUT2D eigenvalue weighted by Gasteiger charge is 2.48. The lowest BCUT2D eigenvalue weighted by Gasteiger charge is -2.23. The Morgan fingerprint density at radius 3 is 2.50 bits per heavy atom. The first-order chi connectivity index (χ1) is 10.6. The molecule has 22 heavy (non-hydrogen) atoms. The number of aliphatic hydroxyl groups is 1. The molecule has 0 aromatic heterocycles. The van der Waals surface area contributed by atoms with Crippen molar-refractivity contribution in [1.82, 2.24) is 5.32 Å². The van der Waals surface area contributed by atoms with Gasteiger partial charge >= 0.3 is 0 Å². The summed E-state index contributed by atoms with van der Waals surface area (Å²) in [5.41, 5.74) is 1.65. The first kappa shape index (κ1) is 15.3. The number of benzene rings is 2. The third kappa shape index (κ3) is 3.12. The van der Waals surface area contributed by atoms with Crippen LogP contribution in [-0.2, 0) is 6.54 Å². The SMILES string of the molecule is Oc1c(Cl)cccc1CNCC1(C(O)c2ccccc2)CC1. The molecule has 3 N–H and O–H groups in total. The molecule has 3 nitrogen and oxygen atoms in total. The molecular formula is C18H20ClNO2. The second kappa shape index (κ2) is 6.29. The van der Waals surface area contributed by atoms with E-state index in [0.29, 0.717) is 11.6 Å². The highest BCUT2D eigenvalue weighted by molar-refractivity contribution is 6.32. The number of rotatable bonds is 6. The smallest absolute Gasteiger partial charge is 0.138 e. The van der Waals surface area contributed by atoms with Gasteiger partial charge < -0.3 is 15.5 Å². The zero-order chi connectivity index (χ0) is 15.6. The van der Waals surface area contributed by atoms with Crippen LogP contribution in [0.25, 0.3) is 0 Å². The Morgan fingerprint density at radius 1 is 1.09 bits per heavy atom. The molecule has 0 bridgehead atoms. The zero-order valence-corrected chi connectivity index (χ0v) is 13.1. The summed E-state index contributed by atoms with van der Waals surface area (Å²) >= 11 is 5.91. The summed E-state index contributed by atoms with van der Waals surface area (Å²) in [5.74, 6) is 0.130. The van der Waals surface area contributed by atoms with Crippen molar-refractivity contribution in [3.05, 3.63) is 64.7 Å². The van der Waals surface area contributed by atoms with E-state index >= 15 is 0 Å². The maximum Gasteiger partial charge on any atom is 0.138 e. The monoisotopic (exact) mass is 317 g/mol. The van der Waals surface area contributed by atoms with Crippen molar-refractivity contribution in [1.29, 1.82) is 0 Å². The van der Waals surface area contributed by atoms with E-state index in [0.717, 1.165) is 30.5 Å². The number of phenols is 1. The number of halogens is 1. The van der Waals surface area contributed by atoms with Gasteiger partial charge in [0.1, 0.15) is 5.75 Å². The van der Waals surface area contributed by atoms with Gasteiger partial charge in [0, 0.05) is 24.1 Å². The van der Waals surface area contributed by atoms with Gasteiger partial charge in [0.05, 0.1) is 11.1 Å². The normalized spacial score (nSPS) is 17.2. The molecule has 0 aliphatic heterocycles. The van der Waals surface area contributed by atoms with E-state index < -0.39 is 6.10 Å². The molecule has 1 atom stereocenters. The second-order valence-electron chi connectivity index (χ2n) is 6.03. The van der Waals surface area contributed by atoms with Crippen molar-refractivity contribution < 1.29 is 10.2 Å². The number of aromatic hydroxyl groups is 1. The predicted molar refractivity (Wildman–Crippen MR) is 87.9 cm³/mol. The Kier molecular flexibility index (Phi) is 4.39. The third-order valence-electron chi connectivity index (χ3n) is 4.45. The van der Waals surface area contributed by atoms with Crippen molar-refractivity contribution >= 4 is 11.6 Å². The van der Waals surface area contributed by atoms with Gasteiger partial charge in [0.25, 0.3) is 0 Å². The Balaban J connectivity index is 1.60. The molecule has 1 fully saturated rings. The van der Waals surface area contributed by atoms with Gasteiger partial charge in [-0.05, 0) is 24.5 Å². The van der Waals surface area contributed by atoms with Crippen LogP contribution in [0.4, 0.5) is 0 Å². The quantitative estimate of drug-likeness (QED) is 0.762. The van der Waals surface area contributed by atoms with Crippen molar-refractivity contribution in [3.8, 4) is 5.75 Å². The summed E-state index contributed by atoms with van der Waals surface area (Å²) in [6.45, 7) is 1.25. The molecule has 1 saturated carbocycles. The van der Waals surface area contributed by atoms with Crippen LogP contribution in [0.1, 0.15) is 30.1 Å². The van der Waals surface area contributed by atoms with Gasteiger partial charge in [-0.2, -0.15) is 0 Å². The second-order valence-corrected chi connectivity index (χ2v) is 6.43. The number of para-hydroxylation sites is 1. The van der Waals surface area contributed by atoms with E-state index in [1.165, 1.54) is 0 Å². The van der Waals surface area contributed by atoms with Gasteiger partial charge in [0.2, 0.25) is 0 Å². The molecule has 0 radical (unpaired) electrons. The van der Waals surface area contributed by atoms with Gasteiger partial charge in [-0.3, -0.25) is 0 Å². The Bertz CT molecular complexity index is 641. The molecule has 1 aliphatic rings. The van der Waals surface area contributed by atoms with Crippen LogP contribution in [0.3, 0.4) is 0 Å². The minimum absolute atomic E-state index is 0.0878. The summed E-state index contributed by atoms with van der Waals surface area (Å²) in [6, 6.07) is 15.1. The fourth-order valence-electron chi connectivity index (χ4n) is 2.85. The number of phenolic OH excluding ortho intramolecular Hbond substituents is 1. The van der Waals surface area contributed by atoms with Crippen molar-refractivity contribution in [2.75, 3.05) is 6.54 Å². The van der Waals surface area contributed by atoms with Crippen LogP contribution in [0.15, 0.2) is 48.5 Å². The number of nitrogens with one attached hydrogen (secondary N) is 1. The van der Waals surface area contributed by atoms with Crippen LogP contribution >= 0.6 is 11.6 Å². The van der Waals surface area contributed by atoms with Crippen LogP contribution in [-0.4, -0.2) is 16.8 Å². The zero-order valence-electron chi connectivity index (χ0n) is 12.3. The summed E-state index contributed by atoms with van der Waals surface area (Å²) in [7, 11) is 0. The maximum atomic E-state index is 10.6. The summed E-state index contributed by atoms with van der Waals surface area (Å²) in [5, 5.41) is 24.2. The first-order valence-corrected chi connectivity index (χ1v) is 7.90. The van der Waals surface area contributed by atoms with Crippen LogP contribution in [0, 0.1) is 5.41 Å². The summed E-state index contributed by atoms with van der Waals surface area (Å²) in [4.78, 5) is 0. The molecule has 0 heterocycles. The lowest BCUT2D eigenvalue weighted by atomic mass is 9.92. The van der Waals surface area contributed by atoms with Crippen LogP contribution in [0.5, 0.6) is 5.75 Å². The highest BCUT2D eigenvalue weighted by Crippen LogP contribution is 2.54. The topological polar surface area (TPSA) is 52.5 Å². The molecule has 1 unspecified atom stereocenters. The lowest BCUT2D eigenvalue weighted by molar-refractivity contribution is 0.0917. The Hall–Kier alpha value is -1.55. The average molecular weight is 318 g/mol. The Labute approximate surface area is 135 Å². The molecule has 2 aromatic carbocycles. The van der Waals surface area contributed by atoms with E-state index in [4.69, 9.17) is 11.6 Å². The molecule has 4 heteroatoms. The average Bonchev–Trinajstić information content (AvgIpc) is 3.33. The van der Waals surface area contributed by atoms with E-state index in [2.05, 4.69) is 5.32 Å². The third-order valence-corrected chi connectivity index (χ3v) is 4.76. The van der Waals surface area contributed by atoms with E-state index in [-0.39, 0.29) is 11.2 Å². The minimum atomic E-state index is -0.450. The molecule has 0 saturated heterocycles. The molecule has 116 valence electrons. The lowest BCUT2D eigenvalue weighted by Crippen LogP contribution is -2.28. The van der Waals surface area contributed by atoms with Crippen molar-refractivity contribution in [3.63, 3.8) is 0 Å². The van der Waals surface area contributed by atoms with E-state index in [1.54, 1.807) is 6.07 Å². The molecular weight excluding hydrogens is 298 g/mol. The fourth-order valence-corrected chi connectivity index (χ4v) is 3.04.